The van der Waals surface area contributed by atoms with Crippen molar-refractivity contribution in [2.45, 2.75) is 26.8 Å². The second kappa shape index (κ2) is 11.7. The van der Waals surface area contributed by atoms with Crippen LogP contribution < -0.4 is 5.73 Å². The van der Waals surface area contributed by atoms with Crippen molar-refractivity contribution in [2.24, 2.45) is 0 Å². The van der Waals surface area contributed by atoms with Crippen LogP contribution in [0.1, 0.15) is 35.1 Å². The Bertz CT molecular complexity index is 1080. The van der Waals surface area contributed by atoms with Crippen LogP contribution in [0.25, 0.3) is 0 Å². The monoisotopic (exact) mass is 544 g/mol. The first kappa shape index (κ1) is 26.2. The summed E-state index contributed by atoms with van der Waals surface area (Å²) in [5, 5.41) is -0.305. The lowest BCUT2D eigenvalue weighted by Crippen LogP contribution is -2.22. The maximum atomic E-state index is 12.8. The van der Waals surface area contributed by atoms with Crippen LogP contribution in [-0.4, -0.2) is 42.8 Å². The van der Waals surface area contributed by atoms with Crippen LogP contribution in [0.4, 0.5) is 5.82 Å². The molecule has 1 heterocycles. The topological polar surface area (TPSA) is 156 Å². The number of halogens is 1. The van der Waals surface area contributed by atoms with Gasteiger partial charge in [0.2, 0.25) is 11.5 Å². The van der Waals surface area contributed by atoms with Gasteiger partial charge in [0.1, 0.15) is 11.6 Å². The summed E-state index contributed by atoms with van der Waals surface area (Å²) in [6.45, 7) is 3.01. The first-order chi connectivity index (χ1) is 15.0. The highest BCUT2D eigenvalue weighted by molar-refractivity contribution is 9.10. The maximum Gasteiger partial charge on any atom is 0.469 e. The van der Waals surface area contributed by atoms with Crippen LogP contribution in [0.5, 0.6) is 0 Å². The number of carbonyl (C=O) groups is 2. The molecule has 0 atom stereocenters. The molecule has 1 aromatic carbocycles. The third-order valence-electron chi connectivity index (χ3n) is 4.19. The van der Waals surface area contributed by atoms with E-state index in [-0.39, 0.29) is 30.5 Å². The first-order valence-electron chi connectivity index (χ1n) is 9.17. The molecule has 0 saturated heterocycles. The molecule has 1 aromatic heterocycles. The molecule has 0 aliphatic carbocycles. The zero-order chi connectivity index (χ0) is 23.9. The highest BCUT2D eigenvalue weighted by atomic mass is 79.9. The highest BCUT2D eigenvalue weighted by Gasteiger charge is 2.20. The van der Waals surface area contributed by atoms with Gasteiger partial charge in [-0.25, -0.2) is 14.5 Å². The average molecular weight is 545 g/mol. The number of aryl methyl sites for hydroxylation is 1. The fourth-order valence-corrected chi connectivity index (χ4v) is 4.21. The summed E-state index contributed by atoms with van der Waals surface area (Å²) < 4.78 is 16.3. The van der Waals surface area contributed by atoms with Crippen LogP contribution in [-0.2, 0) is 20.4 Å². The fraction of sp³-hybridized carbons (Fsp3) is 0.263. The number of carbonyl (C=O) groups excluding carboxylic acids is 2. The van der Waals surface area contributed by atoms with Crippen molar-refractivity contribution in [1.29, 1.82) is 0 Å². The van der Waals surface area contributed by atoms with Gasteiger partial charge in [-0.1, -0.05) is 28.1 Å². The summed E-state index contributed by atoms with van der Waals surface area (Å²) >= 11 is 4.16. The molecule has 10 nitrogen and oxygen atoms in total. The van der Waals surface area contributed by atoms with E-state index in [0.29, 0.717) is 34.0 Å². The second-order valence-corrected chi connectivity index (χ2v) is 9.77. The Hall–Kier alpha value is -2.08. The summed E-state index contributed by atoms with van der Waals surface area (Å²) in [6, 6.07) is 6.78. The van der Waals surface area contributed by atoms with E-state index in [9.17, 15) is 14.2 Å². The first-order valence-corrected chi connectivity index (χ1v) is 12.3. The number of thioether (sulfide) groups is 1. The third kappa shape index (κ3) is 8.12. The minimum Gasteiger partial charge on any atom is -0.383 e. The number of phosphoric acid groups is 1. The van der Waals surface area contributed by atoms with Gasteiger partial charge in [-0.05, 0) is 37.7 Å². The van der Waals surface area contributed by atoms with Gasteiger partial charge in [0, 0.05) is 38.8 Å². The molecule has 0 fully saturated rings. The number of aromatic nitrogens is 2. The number of nitrogens with two attached hydrogens (primary N) is 1. The summed E-state index contributed by atoms with van der Waals surface area (Å²) in [4.78, 5) is 52.4. The molecule has 0 saturated carbocycles. The zero-order valence-electron chi connectivity index (χ0n) is 17.3. The molecule has 2 rings (SSSR count). The summed E-state index contributed by atoms with van der Waals surface area (Å²) in [5.41, 5.74) is 7.25. The largest absolute Gasteiger partial charge is 0.469 e. The van der Waals surface area contributed by atoms with Gasteiger partial charge in [0.15, 0.2) is 0 Å². The number of anilines is 1. The van der Waals surface area contributed by atoms with Gasteiger partial charge in [0.05, 0.1) is 13.2 Å². The van der Waals surface area contributed by atoms with Crippen LogP contribution >= 0.6 is 35.5 Å². The molecule has 13 heteroatoms. The molecular formula is C19H22BrN4O6PS. The minimum absolute atomic E-state index is 0.00836. The number of amides is 1. The van der Waals surface area contributed by atoms with Crippen LogP contribution in [0.2, 0.25) is 0 Å². The van der Waals surface area contributed by atoms with Crippen molar-refractivity contribution in [1.82, 2.24) is 14.9 Å². The lowest BCUT2D eigenvalue weighted by molar-refractivity contribution is -0.116. The standard InChI is InChI=1S/C19H22BrN4O6PS/c1-12(24(11-25)10-15-9-22-13(2)23-18(15)21)17(6-7-30-31(27,28)29)32-19(26)14-4-3-5-16(20)8-14/h3-5,8-9,11H,6-7,10H2,1-2H3,(H2,21,22,23)(H2,27,28,29)/b17-12-. The van der Waals surface area contributed by atoms with Crippen molar-refractivity contribution in [2.75, 3.05) is 12.3 Å². The van der Waals surface area contributed by atoms with Gasteiger partial charge >= 0.3 is 7.82 Å². The fourth-order valence-electron chi connectivity index (χ4n) is 2.56. The van der Waals surface area contributed by atoms with E-state index in [4.69, 9.17) is 15.5 Å². The molecule has 0 spiro atoms. The van der Waals surface area contributed by atoms with Crippen molar-refractivity contribution in [3.8, 4) is 0 Å². The lowest BCUT2D eigenvalue weighted by Gasteiger charge is -2.22. The van der Waals surface area contributed by atoms with E-state index in [0.717, 1.165) is 16.2 Å². The number of phosphoric ester groups is 1. The van der Waals surface area contributed by atoms with Crippen molar-refractivity contribution in [3.05, 3.63) is 62.5 Å². The van der Waals surface area contributed by atoms with Crippen molar-refractivity contribution in [3.63, 3.8) is 0 Å². The predicted octanol–water partition coefficient (Wildman–Crippen LogP) is 3.39. The molecule has 32 heavy (non-hydrogen) atoms. The van der Waals surface area contributed by atoms with E-state index in [1.165, 1.54) is 11.1 Å². The maximum absolute atomic E-state index is 12.8. The normalized spacial score (nSPS) is 12.3. The van der Waals surface area contributed by atoms with Crippen LogP contribution in [0, 0.1) is 6.92 Å². The van der Waals surface area contributed by atoms with E-state index >= 15 is 0 Å². The Kier molecular flexibility index (Phi) is 9.56. The number of rotatable bonds is 10. The van der Waals surface area contributed by atoms with Gasteiger partial charge in [-0.3, -0.25) is 14.1 Å². The van der Waals surface area contributed by atoms with E-state index in [1.54, 1.807) is 38.1 Å². The molecule has 0 radical (unpaired) electrons. The quantitative estimate of drug-likeness (QED) is 0.299. The van der Waals surface area contributed by atoms with Crippen molar-refractivity contribution >= 4 is 52.9 Å². The molecule has 4 N–H and O–H groups in total. The Balaban J connectivity index is 2.33. The molecule has 0 unspecified atom stereocenters. The average Bonchev–Trinajstić information content (AvgIpc) is 2.71. The highest BCUT2D eigenvalue weighted by Crippen LogP contribution is 2.37. The zero-order valence-corrected chi connectivity index (χ0v) is 20.6. The Morgan fingerprint density at radius 3 is 2.72 bits per heavy atom. The Labute approximate surface area is 197 Å². The summed E-state index contributed by atoms with van der Waals surface area (Å²) in [5.74, 6) is 0.711. The van der Waals surface area contributed by atoms with Crippen LogP contribution in [0.15, 0.2) is 45.5 Å². The smallest absolute Gasteiger partial charge is 0.383 e. The summed E-state index contributed by atoms with van der Waals surface area (Å²) in [7, 11) is -4.69. The Morgan fingerprint density at radius 2 is 2.12 bits per heavy atom. The number of nitrogen functional groups attached to an aromatic ring is 1. The van der Waals surface area contributed by atoms with E-state index in [2.05, 4.69) is 30.4 Å². The number of hydrogen-bond acceptors (Lipinski definition) is 8. The molecular weight excluding hydrogens is 523 g/mol. The number of benzene rings is 1. The molecule has 0 bridgehead atoms. The van der Waals surface area contributed by atoms with Gasteiger partial charge < -0.3 is 20.4 Å². The molecule has 0 aliphatic heterocycles. The third-order valence-corrected chi connectivity index (χ3v) is 6.36. The molecule has 2 aromatic rings. The second-order valence-electron chi connectivity index (χ2n) is 6.54. The SMILES string of the molecule is C/C(=C(\CCOP(=O)(O)O)SC(=O)c1cccc(Br)c1)N(C=O)Cc1cnc(C)nc1N. The summed E-state index contributed by atoms with van der Waals surface area (Å²) in [6.07, 6.45) is 2.08. The molecule has 1 amide bonds. The minimum atomic E-state index is -4.69. The number of hydrogen-bond donors (Lipinski definition) is 3. The lowest BCUT2D eigenvalue weighted by atomic mass is 10.2. The van der Waals surface area contributed by atoms with Crippen LogP contribution in [0.3, 0.4) is 0 Å². The molecule has 172 valence electrons. The van der Waals surface area contributed by atoms with Gasteiger partial charge in [-0.15, -0.1) is 0 Å². The van der Waals surface area contributed by atoms with Crippen molar-refractivity contribution < 1.29 is 28.5 Å². The predicted molar refractivity (Wildman–Crippen MR) is 124 cm³/mol. The number of allylic oxidation sites excluding steroid dienone is 1. The Morgan fingerprint density at radius 1 is 1.41 bits per heavy atom. The van der Waals surface area contributed by atoms with Gasteiger partial charge in [-0.2, -0.15) is 0 Å². The molecule has 0 aliphatic rings. The van der Waals surface area contributed by atoms with E-state index < -0.39 is 7.82 Å². The van der Waals surface area contributed by atoms with E-state index in [1.807, 2.05) is 0 Å². The van der Waals surface area contributed by atoms with Gasteiger partial charge in [0.25, 0.3) is 0 Å². The number of nitrogens with zero attached hydrogens (tertiary/aromatic N) is 3.